The lowest BCUT2D eigenvalue weighted by molar-refractivity contribution is -0.137. The summed E-state index contributed by atoms with van der Waals surface area (Å²) < 4.78 is 51.3. The van der Waals surface area contributed by atoms with Gasteiger partial charge < -0.3 is 19.8 Å². The van der Waals surface area contributed by atoms with Crippen molar-refractivity contribution in [1.82, 2.24) is 15.2 Å². The van der Waals surface area contributed by atoms with Gasteiger partial charge in [0.2, 0.25) is 0 Å². The number of rotatable bonds is 6. The zero-order chi connectivity index (χ0) is 27.7. The van der Waals surface area contributed by atoms with E-state index in [1.54, 1.807) is 0 Å². The zero-order valence-electron chi connectivity index (χ0n) is 21.0. The highest BCUT2D eigenvalue weighted by Gasteiger charge is 2.33. The van der Waals surface area contributed by atoms with Gasteiger partial charge in [0.15, 0.2) is 17.6 Å². The van der Waals surface area contributed by atoms with Gasteiger partial charge in [0.05, 0.1) is 29.6 Å². The van der Waals surface area contributed by atoms with Crippen LogP contribution in [0.5, 0.6) is 0 Å². The lowest BCUT2D eigenvalue weighted by Crippen LogP contribution is -2.29. The molecular formula is C28H23F3N6O3. The summed E-state index contributed by atoms with van der Waals surface area (Å²) in [6.07, 6.45) is -4.15. The van der Waals surface area contributed by atoms with Gasteiger partial charge in [0.25, 0.3) is 5.89 Å². The topological polar surface area (TPSA) is 115 Å². The van der Waals surface area contributed by atoms with Crippen LogP contribution in [-0.4, -0.2) is 52.1 Å². The highest BCUT2D eigenvalue weighted by Crippen LogP contribution is 2.35. The molecule has 4 aromatic rings. The third-order valence-corrected chi connectivity index (χ3v) is 6.64. The second-order valence-corrected chi connectivity index (χ2v) is 9.43. The van der Waals surface area contributed by atoms with E-state index in [4.69, 9.17) is 14.1 Å². The maximum atomic E-state index is 13.4. The van der Waals surface area contributed by atoms with E-state index in [1.807, 2.05) is 54.6 Å². The molecule has 2 aliphatic heterocycles. The Kier molecular flexibility index (Phi) is 6.76. The molecule has 0 saturated carbocycles. The molecule has 1 saturated heterocycles. The summed E-state index contributed by atoms with van der Waals surface area (Å²) in [7, 11) is 0. The van der Waals surface area contributed by atoms with Crippen molar-refractivity contribution in [3.63, 3.8) is 0 Å². The number of aliphatic imine (C=N–C) groups is 1. The number of aromatic nitrogens is 3. The van der Waals surface area contributed by atoms with Crippen LogP contribution in [0.4, 0.5) is 24.9 Å². The van der Waals surface area contributed by atoms with E-state index in [2.05, 4.69) is 25.8 Å². The van der Waals surface area contributed by atoms with Crippen LogP contribution in [-0.2, 0) is 22.1 Å². The van der Waals surface area contributed by atoms with Crippen molar-refractivity contribution in [2.45, 2.75) is 31.2 Å². The van der Waals surface area contributed by atoms with Gasteiger partial charge in [-0.3, -0.25) is 9.79 Å². The fourth-order valence-electron chi connectivity index (χ4n) is 4.66. The Morgan fingerprint density at radius 2 is 1.77 bits per heavy atom. The van der Waals surface area contributed by atoms with E-state index in [9.17, 15) is 18.0 Å². The zero-order valence-corrected chi connectivity index (χ0v) is 21.0. The summed E-state index contributed by atoms with van der Waals surface area (Å²) >= 11 is 0. The van der Waals surface area contributed by atoms with Gasteiger partial charge in [0, 0.05) is 30.4 Å². The second-order valence-electron chi connectivity index (χ2n) is 9.43. The summed E-state index contributed by atoms with van der Waals surface area (Å²) in [6, 6.07) is 17.7. The minimum absolute atomic E-state index is 0.0496. The van der Waals surface area contributed by atoms with Crippen molar-refractivity contribution in [2.75, 3.05) is 23.8 Å². The Morgan fingerprint density at radius 3 is 2.55 bits per heavy atom. The summed E-state index contributed by atoms with van der Waals surface area (Å²) in [5.74, 6) is -0.330. The number of pyridine rings is 1. The molecule has 0 spiro atoms. The molecule has 40 heavy (non-hydrogen) atoms. The first-order valence-corrected chi connectivity index (χ1v) is 12.6. The summed E-state index contributed by atoms with van der Waals surface area (Å²) in [5, 5.41) is 13.9. The lowest BCUT2D eigenvalue weighted by atomic mass is 9.96. The number of Topliss-reactive ketones (excluding diaryl/α,β-unsaturated/α-hetero) is 1. The second kappa shape index (κ2) is 10.5. The number of alkyl halides is 3. The minimum Gasteiger partial charge on any atom is -0.402 e. The molecule has 2 aromatic heterocycles. The lowest BCUT2D eigenvalue weighted by Gasteiger charge is -2.16. The van der Waals surface area contributed by atoms with Gasteiger partial charge in [0.1, 0.15) is 0 Å². The van der Waals surface area contributed by atoms with Crippen LogP contribution < -0.4 is 10.6 Å². The molecule has 0 radical (unpaired) electrons. The average Bonchev–Trinajstić information content (AvgIpc) is 3.61. The molecule has 4 heterocycles. The van der Waals surface area contributed by atoms with Crippen LogP contribution in [0.25, 0.3) is 11.6 Å². The number of ether oxygens (including phenoxy) is 1. The number of carbonyl (C=O) groups excluding carboxylic acids is 1. The van der Waals surface area contributed by atoms with Gasteiger partial charge >= 0.3 is 12.2 Å². The SMILES string of the molecule is O=C1Cc2ccccc2C(c2ccccc2)=N[C@@H]1Nc1nnc(-c2ncc(C(F)(F)F)cc2N[C@H]2CCOC2)o1. The van der Waals surface area contributed by atoms with Crippen molar-refractivity contribution < 1.29 is 27.1 Å². The number of ketones is 1. The first-order chi connectivity index (χ1) is 19.3. The summed E-state index contributed by atoms with van der Waals surface area (Å²) in [6.45, 7) is 0.846. The van der Waals surface area contributed by atoms with Crippen LogP contribution in [0, 0.1) is 0 Å². The highest BCUT2D eigenvalue weighted by atomic mass is 19.4. The van der Waals surface area contributed by atoms with Crippen molar-refractivity contribution in [1.29, 1.82) is 0 Å². The molecule has 204 valence electrons. The van der Waals surface area contributed by atoms with E-state index in [0.717, 1.165) is 22.8 Å². The molecule has 0 aliphatic carbocycles. The van der Waals surface area contributed by atoms with Gasteiger partial charge in [-0.2, -0.15) is 13.2 Å². The molecule has 2 aromatic carbocycles. The number of nitrogens with one attached hydrogen (secondary N) is 2. The highest BCUT2D eigenvalue weighted by molar-refractivity contribution is 6.16. The van der Waals surface area contributed by atoms with E-state index in [1.165, 1.54) is 0 Å². The Hall–Kier alpha value is -4.58. The number of hydrogen-bond acceptors (Lipinski definition) is 9. The van der Waals surface area contributed by atoms with Crippen LogP contribution in [0.15, 0.2) is 76.3 Å². The molecule has 2 aliphatic rings. The number of anilines is 2. The number of benzene rings is 2. The van der Waals surface area contributed by atoms with Crippen LogP contribution in [0.3, 0.4) is 0 Å². The van der Waals surface area contributed by atoms with Gasteiger partial charge in [-0.15, -0.1) is 5.10 Å². The molecule has 0 amide bonds. The Bertz CT molecular complexity index is 1570. The average molecular weight is 549 g/mol. The quantitative estimate of drug-likeness (QED) is 0.355. The Labute approximate surface area is 226 Å². The van der Waals surface area contributed by atoms with Crippen molar-refractivity contribution in [3.05, 3.63) is 89.1 Å². The number of carbonyl (C=O) groups is 1. The fourth-order valence-corrected chi connectivity index (χ4v) is 4.66. The molecule has 9 nitrogen and oxygen atoms in total. The largest absolute Gasteiger partial charge is 0.417 e. The van der Waals surface area contributed by atoms with Crippen molar-refractivity contribution in [2.24, 2.45) is 4.99 Å². The van der Waals surface area contributed by atoms with Gasteiger partial charge in [-0.1, -0.05) is 59.7 Å². The predicted octanol–water partition coefficient (Wildman–Crippen LogP) is 4.75. The predicted molar refractivity (Wildman–Crippen MR) is 140 cm³/mol. The van der Waals surface area contributed by atoms with Crippen LogP contribution >= 0.6 is 0 Å². The smallest absolute Gasteiger partial charge is 0.402 e. The van der Waals surface area contributed by atoms with Crippen LogP contribution in [0.2, 0.25) is 0 Å². The molecule has 2 atom stereocenters. The van der Waals surface area contributed by atoms with Crippen molar-refractivity contribution in [3.8, 4) is 11.6 Å². The maximum Gasteiger partial charge on any atom is 0.417 e. The molecular weight excluding hydrogens is 525 g/mol. The normalized spacial score (nSPS) is 19.1. The van der Waals surface area contributed by atoms with E-state index in [0.29, 0.717) is 31.5 Å². The Morgan fingerprint density at radius 1 is 0.975 bits per heavy atom. The maximum absolute atomic E-state index is 13.4. The van der Waals surface area contributed by atoms with E-state index < -0.39 is 17.9 Å². The summed E-state index contributed by atoms with van der Waals surface area (Å²) in [4.78, 5) is 21.9. The minimum atomic E-state index is -4.58. The standard InChI is InChI=1S/C28H23F3N6O3/c29-28(30,31)18-13-21(33-19-10-11-39-15-19)24(32-14-18)26-36-37-27(40-26)35-25-22(38)12-17-8-4-5-9-20(17)23(34-25)16-6-2-1-3-7-16/h1-9,13-14,19,25,33H,10-12,15H2,(H,35,37)/t19-,25+/m0/s1. The number of halogens is 3. The number of fused-ring (bicyclic) bond motifs is 1. The third-order valence-electron chi connectivity index (χ3n) is 6.64. The third kappa shape index (κ3) is 5.30. The molecule has 0 unspecified atom stereocenters. The number of hydrogen-bond donors (Lipinski definition) is 2. The molecule has 12 heteroatoms. The number of nitrogens with zero attached hydrogens (tertiary/aromatic N) is 4. The first-order valence-electron chi connectivity index (χ1n) is 12.6. The van der Waals surface area contributed by atoms with Crippen LogP contribution in [0.1, 0.15) is 28.7 Å². The summed E-state index contributed by atoms with van der Waals surface area (Å²) in [5.41, 5.74) is 2.38. The monoisotopic (exact) mass is 548 g/mol. The van der Waals surface area contributed by atoms with E-state index in [-0.39, 0.29) is 41.5 Å². The molecule has 6 rings (SSSR count). The Balaban J connectivity index is 1.32. The van der Waals surface area contributed by atoms with Crippen molar-refractivity contribution >= 4 is 23.2 Å². The van der Waals surface area contributed by atoms with Gasteiger partial charge in [-0.05, 0) is 18.1 Å². The van der Waals surface area contributed by atoms with E-state index >= 15 is 0 Å². The van der Waals surface area contributed by atoms with Gasteiger partial charge in [-0.25, -0.2) is 4.98 Å². The molecule has 0 bridgehead atoms. The fraction of sp³-hybridized carbons (Fsp3) is 0.250. The molecule has 1 fully saturated rings. The molecule has 2 N–H and O–H groups in total. The first kappa shape index (κ1) is 25.7.